The van der Waals surface area contributed by atoms with Crippen LogP contribution in [-0.4, -0.2) is 20.1 Å². The molecule has 0 amide bonds. The number of thiazole rings is 1. The largest absolute Gasteiger partial charge is 0.419 e. The Bertz CT molecular complexity index is 1040. The van der Waals surface area contributed by atoms with Crippen LogP contribution in [0.2, 0.25) is 0 Å². The van der Waals surface area contributed by atoms with Crippen molar-refractivity contribution in [3.8, 4) is 11.5 Å². The fraction of sp³-hybridized carbons (Fsp3) is 0.118. The maximum absolute atomic E-state index is 10.7. The van der Waals surface area contributed by atoms with Crippen molar-refractivity contribution in [2.24, 2.45) is 0 Å². The number of fused-ring (bicyclic) bond motifs is 1. The van der Waals surface area contributed by atoms with Crippen molar-refractivity contribution in [3.63, 3.8) is 0 Å². The molecular weight excluding hydrogens is 372 g/mol. The minimum Gasteiger partial charge on any atom is -0.419 e. The predicted octanol–water partition coefficient (Wildman–Crippen LogP) is 5.11. The first-order chi connectivity index (χ1) is 12.6. The summed E-state index contributed by atoms with van der Waals surface area (Å²) in [6.45, 7) is 1.98. The number of aromatic nitrogens is 3. The third-order valence-electron chi connectivity index (χ3n) is 3.67. The van der Waals surface area contributed by atoms with Crippen LogP contribution in [0.4, 0.5) is 5.69 Å². The Hall–Kier alpha value is -2.78. The number of nitrogens with zero attached hydrogens (tertiary/aromatic N) is 4. The first kappa shape index (κ1) is 16.7. The van der Waals surface area contributed by atoms with Crippen LogP contribution in [0.5, 0.6) is 0 Å². The molecule has 0 bridgehead atoms. The first-order valence-electron chi connectivity index (χ1n) is 7.70. The van der Waals surface area contributed by atoms with Crippen molar-refractivity contribution in [1.29, 1.82) is 0 Å². The molecule has 0 aliphatic rings. The van der Waals surface area contributed by atoms with Crippen LogP contribution in [-0.2, 0) is 0 Å². The average molecular weight is 384 g/mol. The van der Waals surface area contributed by atoms with Crippen LogP contribution in [0.15, 0.2) is 57.3 Å². The van der Waals surface area contributed by atoms with Gasteiger partial charge < -0.3 is 4.42 Å². The molecule has 0 aliphatic carbocycles. The lowest BCUT2D eigenvalue weighted by Gasteiger charge is -2.02. The van der Waals surface area contributed by atoms with Crippen LogP contribution in [0, 0.1) is 10.1 Å². The van der Waals surface area contributed by atoms with Crippen LogP contribution in [0.25, 0.3) is 21.7 Å². The van der Waals surface area contributed by atoms with Gasteiger partial charge in [0, 0.05) is 17.7 Å². The van der Waals surface area contributed by atoms with Crippen LogP contribution in [0.1, 0.15) is 18.1 Å². The van der Waals surface area contributed by atoms with E-state index in [0.717, 1.165) is 14.6 Å². The number of rotatable bonds is 5. The summed E-state index contributed by atoms with van der Waals surface area (Å²) >= 11 is 3.19. The van der Waals surface area contributed by atoms with Crippen molar-refractivity contribution in [2.45, 2.75) is 16.5 Å². The lowest BCUT2D eigenvalue weighted by atomic mass is 10.2. The minimum atomic E-state index is -0.445. The van der Waals surface area contributed by atoms with E-state index >= 15 is 0 Å². The van der Waals surface area contributed by atoms with E-state index in [9.17, 15) is 10.1 Å². The van der Waals surface area contributed by atoms with Gasteiger partial charge in [-0.1, -0.05) is 23.9 Å². The third kappa shape index (κ3) is 3.31. The molecule has 2 heterocycles. The summed E-state index contributed by atoms with van der Waals surface area (Å²) in [6, 6.07) is 14.0. The molecule has 0 spiro atoms. The topological polar surface area (TPSA) is 95.0 Å². The number of non-ortho nitro benzene ring substituents is 1. The summed E-state index contributed by atoms with van der Waals surface area (Å²) < 4.78 is 7.82. The highest BCUT2D eigenvalue weighted by Crippen LogP contribution is 2.38. The Morgan fingerprint density at radius 1 is 1.15 bits per heavy atom. The molecule has 1 atom stereocenters. The number of hydrogen-bond acceptors (Lipinski definition) is 8. The molecule has 2 aromatic carbocycles. The van der Waals surface area contributed by atoms with E-state index in [-0.39, 0.29) is 10.9 Å². The molecule has 0 saturated heterocycles. The van der Waals surface area contributed by atoms with Gasteiger partial charge in [0.25, 0.3) is 5.69 Å². The molecule has 130 valence electrons. The van der Waals surface area contributed by atoms with E-state index in [1.165, 1.54) is 12.1 Å². The molecule has 9 heteroatoms. The molecule has 4 aromatic rings. The smallest absolute Gasteiger partial charge is 0.269 e. The number of benzene rings is 2. The van der Waals surface area contributed by atoms with Gasteiger partial charge in [-0.25, -0.2) is 4.98 Å². The molecule has 0 radical (unpaired) electrons. The highest BCUT2D eigenvalue weighted by molar-refractivity contribution is 8.01. The second-order valence-corrected chi connectivity index (χ2v) is 8.08. The lowest BCUT2D eigenvalue weighted by molar-refractivity contribution is -0.384. The van der Waals surface area contributed by atoms with Gasteiger partial charge in [0.2, 0.25) is 11.8 Å². The number of nitro groups is 1. The number of nitro benzene ring substituents is 1. The molecule has 0 fully saturated rings. The summed E-state index contributed by atoms with van der Waals surface area (Å²) in [4.78, 5) is 14.9. The highest BCUT2D eigenvalue weighted by atomic mass is 32.2. The van der Waals surface area contributed by atoms with Gasteiger partial charge >= 0.3 is 0 Å². The highest BCUT2D eigenvalue weighted by Gasteiger charge is 2.18. The van der Waals surface area contributed by atoms with Crippen molar-refractivity contribution < 1.29 is 9.34 Å². The van der Waals surface area contributed by atoms with Crippen molar-refractivity contribution >= 4 is 39.0 Å². The number of thioether (sulfide) groups is 1. The zero-order chi connectivity index (χ0) is 18.1. The molecule has 0 saturated carbocycles. The zero-order valence-corrected chi connectivity index (χ0v) is 15.2. The molecule has 0 unspecified atom stereocenters. The number of hydrogen-bond donors (Lipinski definition) is 0. The monoisotopic (exact) mass is 384 g/mol. The Balaban J connectivity index is 1.52. The molecule has 0 aliphatic heterocycles. The molecule has 26 heavy (non-hydrogen) atoms. The van der Waals surface area contributed by atoms with Gasteiger partial charge in [0.15, 0.2) is 4.34 Å². The normalized spacial score (nSPS) is 12.3. The maximum atomic E-state index is 10.7. The summed E-state index contributed by atoms with van der Waals surface area (Å²) in [6.07, 6.45) is 0. The van der Waals surface area contributed by atoms with Gasteiger partial charge in [0.05, 0.1) is 20.4 Å². The number of para-hydroxylation sites is 1. The quantitative estimate of drug-likeness (QED) is 0.268. The lowest BCUT2D eigenvalue weighted by Crippen LogP contribution is -1.88. The molecular formula is C17H12N4O3S2. The average Bonchev–Trinajstić information content (AvgIpc) is 3.28. The van der Waals surface area contributed by atoms with Crippen molar-refractivity contribution in [3.05, 3.63) is 64.5 Å². The maximum Gasteiger partial charge on any atom is 0.269 e. The Kier molecular flexibility index (Phi) is 4.39. The molecule has 7 nitrogen and oxygen atoms in total. The van der Waals surface area contributed by atoms with Crippen LogP contribution < -0.4 is 0 Å². The molecule has 4 rings (SSSR count). The SMILES string of the molecule is C[C@H](Sc1nc2ccccc2s1)c1nnc(-c2ccc([N+](=O)[O-])cc2)o1. The fourth-order valence-electron chi connectivity index (χ4n) is 2.34. The van der Waals surface area contributed by atoms with E-state index < -0.39 is 4.92 Å². The Labute approximate surface area is 156 Å². The fourth-order valence-corrected chi connectivity index (χ4v) is 4.59. The third-order valence-corrected chi connectivity index (χ3v) is 5.88. The van der Waals surface area contributed by atoms with E-state index in [4.69, 9.17) is 4.42 Å². The van der Waals surface area contributed by atoms with Gasteiger partial charge in [-0.3, -0.25) is 10.1 Å². The van der Waals surface area contributed by atoms with E-state index in [1.54, 1.807) is 35.2 Å². The second kappa shape index (κ2) is 6.85. The summed E-state index contributed by atoms with van der Waals surface area (Å²) in [7, 11) is 0. The molecule has 0 N–H and O–H groups in total. The Morgan fingerprint density at radius 2 is 1.92 bits per heavy atom. The van der Waals surface area contributed by atoms with Gasteiger partial charge in [0.1, 0.15) is 0 Å². The Morgan fingerprint density at radius 3 is 2.65 bits per heavy atom. The van der Waals surface area contributed by atoms with E-state index in [0.29, 0.717) is 17.3 Å². The van der Waals surface area contributed by atoms with Gasteiger partial charge in [-0.05, 0) is 31.2 Å². The van der Waals surface area contributed by atoms with Crippen LogP contribution >= 0.6 is 23.1 Å². The zero-order valence-electron chi connectivity index (χ0n) is 13.5. The second-order valence-electron chi connectivity index (χ2n) is 5.46. The summed E-state index contributed by atoms with van der Waals surface area (Å²) in [5.74, 6) is 0.828. The van der Waals surface area contributed by atoms with Crippen molar-refractivity contribution in [2.75, 3.05) is 0 Å². The van der Waals surface area contributed by atoms with Crippen molar-refractivity contribution in [1.82, 2.24) is 15.2 Å². The molecule has 2 aromatic heterocycles. The standard InChI is InChI=1S/C17H12N4O3S2/c1-10(25-17-18-13-4-2-3-5-14(13)26-17)15-19-20-16(24-15)11-6-8-12(9-7-11)21(22)23/h2-10H,1H3/t10-/m0/s1. The predicted molar refractivity (Wildman–Crippen MR) is 100 cm³/mol. The summed E-state index contributed by atoms with van der Waals surface area (Å²) in [5.41, 5.74) is 1.64. The van der Waals surface area contributed by atoms with Gasteiger partial charge in [-0.2, -0.15) is 0 Å². The first-order valence-corrected chi connectivity index (χ1v) is 9.40. The van der Waals surface area contributed by atoms with Crippen LogP contribution in [0.3, 0.4) is 0 Å². The van der Waals surface area contributed by atoms with E-state index in [1.807, 2.05) is 31.2 Å². The summed E-state index contributed by atoms with van der Waals surface area (Å²) in [5, 5.41) is 18.8. The minimum absolute atomic E-state index is 0.0215. The van der Waals surface area contributed by atoms with Gasteiger partial charge in [-0.15, -0.1) is 21.5 Å². The van der Waals surface area contributed by atoms with E-state index in [2.05, 4.69) is 15.2 Å².